The van der Waals surface area contributed by atoms with Crippen molar-refractivity contribution in [3.05, 3.63) is 63.5 Å². The largest absolute Gasteiger partial charge is 0.281 e. The molecule has 9 heteroatoms. The van der Waals surface area contributed by atoms with Gasteiger partial charge in [0.1, 0.15) is 5.82 Å². The SMILES string of the molecule is CC(=O)N(c1nc(/C=N\NC(=O)c2cccs2)cs1)c1ccccc1F. The number of nitrogens with one attached hydrogen (secondary N) is 1. The number of aromatic nitrogens is 1. The van der Waals surface area contributed by atoms with Gasteiger partial charge in [0.15, 0.2) is 5.13 Å². The highest BCUT2D eigenvalue weighted by molar-refractivity contribution is 7.14. The van der Waals surface area contributed by atoms with E-state index in [1.807, 2.05) is 0 Å². The van der Waals surface area contributed by atoms with Crippen LogP contribution in [-0.2, 0) is 4.79 Å². The van der Waals surface area contributed by atoms with Crippen LogP contribution in [0.15, 0.2) is 52.3 Å². The monoisotopic (exact) mass is 388 g/mol. The van der Waals surface area contributed by atoms with Crippen LogP contribution < -0.4 is 10.3 Å². The lowest BCUT2D eigenvalue weighted by Crippen LogP contribution is -2.23. The molecule has 1 N–H and O–H groups in total. The van der Waals surface area contributed by atoms with Gasteiger partial charge in [-0.05, 0) is 23.6 Å². The molecule has 0 atom stereocenters. The van der Waals surface area contributed by atoms with Crippen LogP contribution in [0, 0.1) is 5.82 Å². The minimum atomic E-state index is -0.517. The van der Waals surface area contributed by atoms with Crippen molar-refractivity contribution in [1.29, 1.82) is 0 Å². The van der Waals surface area contributed by atoms with Gasteiger partial charge in [0.2, 0.25) is 5.91 Å². The van der Waals surface area contributed by atoms with Gasteiger partial charge in [0.25, 0.3) is 5.91 Å². The van der Waals surface area contributed by atoms with Crippen LogP contribution in [0.1, 0.15) is 22.3 Å². The smallest absolute Gasteiger partial charge is 0.274 e. The Kier molecular flexibility index (Phi) is 5.49. The van der Waals surface area contributed by atoms with Crippen LogP contribution in [0.2, 0.25) is 0 Å². The van der Waals surface area contributed by atoms with Gasteiger partial charge in [0.05, 0.1) is 22.5 Å². The summed E-state index contributed by atoms with van der Waals surface area (Å²) in [6.45, 7) is 1.34. The van der Waals surface area contributed by atoms with Gasteiger partial charge in [-0.2, -0.15) is 5.10 Å². The van der Waals surface area contributed by atoms with E-state index in [0.717, 1.165) is 0 Å². The molecule has 1 aromatic carbocycles. The molecule has 0 aliphatic heterocycles. The first-order valence-electron chi connectivity index (χ1n) is 7.44. The van der Waals surface area contributed by atoms with Crippen LogP contribution in [0.5, 0.6) is 0 Å². The first kappa shape index (κ1) is 17.9. The zero-order valence-electron chi connectivity index (χ0n) is 13.5. The van der Waals surface area contributed by atoms with E-state index in [1.54, 1.807) is 35.0 Å². The lowest BCUT2D eigenvalue weighted by Gasteiger charge is -2.18. The lowest BCUT2D eigenvalue weighted by atomic mass is 10.3. The average Bonchev–Trinajstić information content (AvgIpc) is 3.29. The second-order valence-electron chi connectivity index (χ2n) is 5.04. The van der Waals surface area contributed by atoms with Gasteiger partial charge in [-0.3, -0.25) is 14.5 Å². The van der Waals surface area contributed by atoms with E-state index in [4.69, 9.17) is 0 Å². The van der Waals surface area contributed by atoms with E-state index in [2.05, 4.69) is 15.5 Å². The van der Waals surface area contributed by atoms with E-state index < -0.39 is 5.82 Å². The molecule has 2 amide bonds. The van der Waals surface area contributed by atoms with Gasteiger partial charge < -0.3 is 0 Å². The maximum absolute atomic E-state index is 14.0. The Morgan fingerprint density at radius 2 is 2.04 bits per heavy atom. The number of hydrazone groups is 1. The van der Waals surface area contributed by atoms with Crippen molar-refractivity contribution in [1.82, 2.24) is 10.4 Å². The third-order valence-electron chi connectivity index (χ3n) is 3.22. The van der Waals surface area contributed by atoms with Crippen LogP contribution in [0.4, 0.5) is 15.2 Å². The molecule has 26 heavy (non-hydrogen) atoms. The standard InChI is InChI=1S/C17H13FN4O2S2/c1-11(23)22(14-6-3-2-5-13(14)18)17-20-12(10-26-17)9-19-21-16(24)15-7-4-8-25-15/h2-10H,1H3,(H,21,24)/b19-9-. The predicted molar refractivity (Wildman–Crippen MR) is 101 cm³/mol. The number of hydrogen-bond donors (Lipinski definition) is 1. The van der Waals surface area contributed by atoms with Crippen molar-refractivity contribution in [3.8, 4) is 0 Å². The summed E-state index contributed by atoms with van der Waals surface area (Å²) in [5.41, 5.74) is 2.97. The Hall–Kier alpha value is -2.91. The van der Waals surface area contributed by atoms with Crippen molar-refractivity contribution in [2.75, 3.05) is 4.90 Å². The lowest BCUT2D eigenvalue weighted by molar-refractivity contribution is -0.115. The number of anilines is 2. The molecule has 0 bridgehead atoms. The van der Waals surface area contributed by atoms with Gasteiger partial charge in [-0.15, -0.1) is 22.7 Å². The molecular weight excluding hydrogens is 375 g/mol. The molecule has 0 radical (unpaired) electrons. The summed E-state index contributed by atoms with van der Waals surface area (Å²) in [4.78, 5) is 29.8. The van der Waals surface area contributed by atoms with Crippen molar-refractivity contribution in [2.45, 2.75) is 6.92 Å². The van der Waals surface area contributed by atoms with Gasteiger partial charge in [0, 0.05) is 12.3 Å². The highest BCUT2D eigenvalue weighted by atomic mass is 32.1. The highest BCUT2D eigenvalue weighted by Crippen LogP contribution is 2.30. The second kappa shape index (κ2) is 7.98. The van der Waals surface area contributed by atoms with E-state index in [-0.39, 0.29) is 17.5 Å². The fourth-order valence-corrected chi connectivity index (χ4v) is 3.54. The van der Waals surface area contributed by atoms with Gasteiger partial charge in [-0.1, -0.05) is 18.2 Å². The minimum absolute atomic E-state index is 0.129. The number of rotatable bonds is 5. The normalized spacial score (nSPS) is 10.8. The number of thiophene rings is 1. The molecule has 6 nitrogen and oxygen atoms in total. The molecule has 0 unspecified atom stereocenters. The second-order valence-corrected chi connectivity index (χ2v) is 6.82. The molecule has 0 fully saturated rings. The molecule has 0 aliphatic rings. The number of para-hydroxylation sites is 1. The van der Waals surface area contributed by atoms with Crippen LogP contribution in [0.25, 0.3) is 0 Å². The number of carbonyl (C=O) groups excluding carboxylic acids is 2. The van der Waals surface area contributed by atoms with Crippen LogP contribution >= 0.6 is 22.7 Å². The predicted octanol–water partition coefficient (Wildman–Crippen LogP) is 3.79. The zero-order valence-corrected chi connectivity index (χ0v) is 15.2. The van der Waals surface area contributed by atoms with E-state index in [0.29, 0.717) is 15.7 Å². The fraction of sp³-hybridized carbons (Fsp3) is 0.0588. The fourth-order valence-electron chi connectivity index (χ4n) is 2.10. The Bertz CT molecular complexity index is 953. The number of carbonyl (C=O) groups is 2. The van der Waals surface area contributed by atoms with Crippen LogP contribution in [-0.4, -0.2) is 23.0 Å². The molecule has 2 heterocycles. The maximum atomic E-state index is 14.0. The van der Waals surface area contributed by atoms with Crippen molar-refractivity contribution in [2.24, 2.45) is 5.10 Å². The molecule has 132 valence electrons. The molecule has 3 rings (SSSR count). The number of nitrogens with zero attached hydrogens (tertiary/aromatic N) is 3. The molecule has 0 saturated heterocycles. The summed E-state index contributed by atoms with van der Waals surface area (Å²) >= 11 is 2.48. The molecular formula is C17H13FN4O2S2. The van der Waals surface area contributed by atoms with Crippen molar-refractivity contribution >= 4 is 51.5 Å². The van der Waals surface area contributed by atoms with Crippen molar-refractivity contribution in [3.63, 3.8) is 0 Å². The summed E-state index contributed by atoms with van der Waals surface area (Å²) in [6.07, 6.45) is 1.37. The molecule has 0 aliphatic carbocycles. The minimum Gasteiger partial charge on any atom is -0.274 e. The van der Waals surface area contributed by atoms with E-state index >= 15 is 0 Å². The molecule has 3 aromatic rings. The summed E-state index contributed by atoms with van der Waals surface area (Å²) < 4.78 is 14.0. The molecule has 2 aromatic heterocycles. The Morgan fingerprint density at radius 3 is 2.73 bits per heavy atom. The number of hydrogen-bond acceptors (Lipinski definition) is 6. The maximum Gasteiger partial charge on any atom is 0.281 e. The number of thiazole rings is 1. The number of halogens is 1. The topological polar surface area (TPSA) is 74.7 Å². The molecule has 0 saturated carbocycles. The Morgan fingerprint density at radius 1 is 1.23 bits per heavy atom. The first-order chi connectivity index (χ1) is 12.6. The van der Waals surface area contributed by atoms with Crippen molar-refractivity contribution < 1.29 is 14.0 Å². The number of amides is 2. The summed E-state index contributed by atoms with van der Waals surface area (Å²) in [7, 11) is 0. The van der Waals surface area contributed by atoms with Crippen LogP contribution in [0.3, 0.4) is 0 Å². The van der Waals surface area contributed by atoms with Gasteiger partial charge in [-0.25, -0.2) is 14.8 Å². The third kappa shape index (κ3) is 4.01. The highest BCUT2D eigenvalue weighted by Gasteiger charge is 2.20. The molecule has 0 spiro atoms. The Labute approximate surface area is 156 Å². The quantitative estimate of drug-likeness (QED) is 0.534. The number of benzene rings is 1. The average molecular weight is 388 g/mol. The zero-order chi connectivity index (χ0) is 18.5. The van der Waals surface area contributed by atoms with E-state index in [9.17, 15) is 14.0 Å². The van der Waals surface area contributed by atoms with E-state index in [1.165, 1.54) is 52.8 Å². The summed E-state index contributed by atoms with van der Waals surface area (Å²) in [5.74, 6) is -1.20. The Balaban J connectivity index is 1.75. The summed E-state index contributed by atoms with van der Waals surface area (Å²) in [6, 6.07) is 9.44. The third-order valence-corrected chi connectivity index (χ3v) is 4.93. The summed E-state index contributed by atoms with van der Waals surface area (Å²) in [5, 5.41) is 7.62. The first-order valence-corrected chi connectivity index (χ1v) is 9.20. The van der Waals surface area contributed by atoms with Gasteiger partial charge >= 0.3 is 0 Å².